The molecule has 2 nitrogen and oxygen atoms in total. The van der Waals surface area contributed by atoms with Crippen molar-refractivity contribution < 1.29 is 4.79 Å². The maximum Gasteiger partial charge on any atom is 0.224 e. The Morgan fingerprint density at radius 3 is 2.82 bits per heavy atom. The molecule has 1 aromatic rings. The van der Waals surface area contributed by atoms with E-state index in [2.05, 4.69) is 27.2 Å². The minimum absolute atomic E-state index is 0.0412. The molecular formula is C14H16BrNO. The lowest BCUT2D eigenvalue weighted by Crippen LogP contribution is -2.11. The van der Waals surface area contributed by atoms with Gasteiger partial charge in [0.15, 0.2) is 0 Å². The van der Waals surface area contributed by atoms with E-state index in [9.17, 15) is 4.79 Å². The maximum absolute atomic E-state index is 11.6. The summed E-state index contributed by atoms with van der Waals surface area (Å²) in [5.41, 5.74) is 1.95. The molecule has 3 heteroatoms. The minimum atomic E-state index is 0.0412. The van der Waals surface area contributed by atoms with Crippen molar-refractivity contribution in [1.82, 2.24) is 0 Å². The van der Waals surface area contributed by atoms with Crippen LogP contribution < -0.4 is 5.32 Å². The summed E-state index contributed by atoms with van der Waals surface area (Å²) in [6.45, 7) is 1.99. The molecule has 17 heavy (non-hydrogen) atoms. The maximum atomic E-state index is 11.6. The molecule has 0 saturated carbocycles. The molecule has 0 heterocycles. The van der Waals surface area contributed by atoms with Crippen LogP contribution in [0.4, 0.5) is 5.69 Å². The van der Waals surface area contributed by atoms with Crippen LogP contribution in [0.1, 0.15) is 31.2 Å². The van der Waals surface area contributed by atoms with Crippen LogP contribution in [0.15, 0.2) is 22.7 Å². The number of amides is 1. The molecule has 0 aliphatic carbocycles. The van der Waals surface area contributed by atoms with Crippen LogP contribution in [-0.4, -0.2) is 5.91 Å². The highest BCUT2D eigenvalue weighted by Crippen LogP contribution is 2.19. The molecule has 0 saturated heterocycles. The standard InChI is InChI=1S/C14H16BrNO/c1-3-4-5-6-7-14(17)16-13-9-11(2)8-12(15)10-13/h1,8-10H,4-7H2,2H3,(H,16,17). The Kier molecular flexibility index (Phi) is 5.79. The molecule has 1 aromatic carbocycles. The van der Waals surface area contributed by atoms with Gasteiger partial charge >= 0.3 is 0 Å². The second-order valence-electron chi connectivity index (χ2n) is 3.98. The number of aryl methyl sites for hydroxylation is 1. The van der Waals surface area contributed by atoms with E-state index in [1.54, 1.807) is 0 Å². The lowest BCUT2D eigenvalue weighted by Gasteiger charge is -2.06. The molecule has 1 amide bonds. The predicted octanol–water partition coefficient (Wildman–Crippen LogP) is 3.89. The second kappa shape index (κ2) is 7.13. The van der Waals surface area contributed by atoms with E-state index in [1.807, 2.05) is 25.1 Å². The number of hydrogen-bond donors (Lipinski definition) is 1. The van der Waals surface area contributed by atoms with Crippen LogP contribution in [0.25, 0.3) is 0 Å². The molecule has 0 unspecified atom stereocenters. The zero-order valence-corrected chi connectivity index (χ0v) is 11.5. The third-order valence-corrected chi connectivity index (χ3v) is 2.76. The van der Waals surface area contributed by atoms with Crippen LogP contribution in [0.3, 0.4) is 0 Å². The summed E-state index contributed by atoms with van der Waals surface area (Å²) >= 11 is 3.40. The fourth-order valence-corrected chi connectivity index (χ4v) is 2.15. The highest BCUT2D eigenvalue weighted by Gasteiger charge is 2.03. The third kappa shape index (κ3) is 5.55. The smallest absolute Gasteiger partial charge is 0.224 e. The quantitative estimate of drug-likeness (QED) is 0.648. The van der Waals surface area contributed by atoms with Crippen LogP contribution in [0.5, 0.6) is 0 Å². The first kappa shape index (κ1) is 13.8. The zero-order chi connectivity index (χ0) is 12.7. The molecule has 0 fully saturated rings. The molecule has 0 aromatic heterocycles. The van der Waals surface area contributed by atoms with Crippen LogP contribution in [0.2, 0.25) is 0 Å². The van der Waals surface area contributed by atoms with Crippen LogP contribution in [-0.2, 0) is 4.79 Å². The number of terminal acetylenes is 1. The average Bonchev–Trinajstić information content (AvgIpc) is 2.23. The number of carbonyl (C=O) groups excluding carboxylic acids is 1. The van der Waals surface area contributed by atoms with E-state index in [0.717, 1.165) is 35.0 Å². The Labute approximate surface area is 111 Å². The summed E-state index contributed by atoms with van der Waals surface area (Å²) in [6.07, 6.45) is 8.15. The first-order valence-corrected chi connectivity index (χ1v) is 6.41. The Morgan fingerprint density at radius 1 is 1.41 bits per heavy atom. The van der Waals surface area contributed by atoms with Crippen molar-refractivity contribution >= 4 is 27.5 Å². The third-order valence-electron chi connectivity index (χ3n) is 2.30. The predicted molar refractivity (Wildman–Crippen MR) is 74.8 cm³/mol. The Morgan fingerprint density at radius 2 is 2.18 bits per heavy atom. The minimum Gasteiger partial charge on any atom is -0.326 e. The summed E-state index contributed by atoms with van der Waals surface area (Å²) < 4.78 is 0.972. The molecule has 90 valence electrons. The number of nitrogens with one attached hydrogen (secondary N) is 1. The van der Waals surface area contributed by atoms with Gasteiger partial charge in [-0.3, -0.25) is 4.79 Å². The van der Waals surface area contributed by atoms with Crippen LogP contribution >= 0.6 is 15.9 Å². The fraction of sp³-hybridized carbons (Fsp3) is 0.357. The largest absolute Gasteiger partial charge is 0.326 e. The van der Waals surface area contributed by atoms with Gasteiger partial charge in [0.1, 0.15) is 0 Å². The summed E-state index contributed by atoms with van der Waals surface area (Å²) in [5, 5.41) is 2.88. The lowest BCUT2D eigenvalue weighted by molar-refractivity contribution is -0.116. The molecule has 0 radical (unpaired) electrons. The first-order chi connectivity index (χ1) is 8.11. The summed E-state index contributed by atoms with van der Waals surface area (Å²) in [7, 11) is 0. The fourth-order valence-electron chi connectivity index (χ4n) is 1.54. The highest BCUT2D eigenvalue weighted by atomic mass is 79.9. The van der Waals surface area contributed by atoms with Crippen molar-refractivity contribution in [2.75, 3.05) is 5.32 Å². The van der Waals surface area contributed by atoms with Crippen molar-refractivity contribution in [3.05, 3.63) is 28.2 Å². The van der Waals surface area contributed by atoms with Gasteiger partial charge in [-0.15, -0.1) is 12.3 Å². The SMILES string of the molecule is C#CCCCCC(=O)Nc1cc(C)cc(Br)c1. The lowest BCUT2D eigenvalue weighted by atomic mass is 10.2. The number of rotatable bonds is 5. The first-order valence-electron chi connectivity index (χ1n) is 5.62. The topological polar surface area (TPSA) is 29.1 Å². The Balaban J connectivity index is 2.43. The van der Waals surface area contributed by atoms with Gasteiger partial charge in [0.05, 0.1) is 0 Å². The van der Waals surface area contributed by atoms with Gasteiger partial charge in [-0.2, -0.15) is 0 Å². The van der Waals surface area contributed by atoms with Gasteiger partial charge in [0.2, 0.25) is 5.91 Å². The molecule has 1 N–H and O–H groups in total. The van der Waals surface area contributed by atoms with E-state index in [1.165, 1.54) is 0 Å². The Hall–Kier alpha value is -1.27. The van der Waals surface area contributed by atoms with E-state index >= 15 is 0 Å². The second-order valence-corrected chi connectivity index (χ2v) is 4.89. The van der Waals surface area contributed by atoms with Crippen molar-refractivity contribution in [3.8, 4) is 12.3 Å². The van der Waals surface area contributed by atoms with Crippen LogP contribution in [0, 0.1) is 19.3 Å². The molecule has 0 aliphatic rings. The summed E-state index contributed by atoms with van der Waals surface area (Å²) in [4.78, 5) is 11.6. The highest BCUT2D eigenvalue weighted by molar-refractivity contribution is 9.10. The van der Waals surface area contributed by atoms with Gasteiger partial charge in [0.25, 0.3) is 0 Å². The average molecular weight is 294 g/mol. The number of anilines is 1. The van der Waals surface area contributed by atoms with E-state index < -0.39 is 0 Å². The molecule has 0 atom stereocenters. The molecular weight excluding hydrogens is 278 g/mol. The van der Waals surface area contributed by atoms with Crippen molar-refractivity contribution in [2.45, 2.75) is 32.6 Å². The number of carbonyl (C=O) groups is 1. The summed E-state index contributed by atoms with van der Waals surface area (Å²) in [6, 6.07) is 5.85. The van der Waals surface area contributed by atoms with Gasteiger partial charge in [-0.1, -0.05) is 15.9 Å². The zero-order valence-electron chi connectivity index (χ0n) is 9.92. The number of hydrogen-bond acceptors (Lipinski definition) is 1. The van der Waals surface area contributed by atoms with Crippen molar-refractivity contribution in [3.63, 3.8) is 0 Å². The molecule has 0 bridgehead atoms. The van der Waals surface area contributed by atoms with Gasteiger partial charge in [0, 0.05) is 23.0 Å². The van der Waals surface area contributed by atoms with Crippen molar-refractivity contribution in [2.24, 2.45) is 0 Å². The normalized spacial score (nSPS) is 9.71. The number of unbranched alkanes of at least 4 members (excludes halogenated alkanes) is 2. The Bertz CT molecular complexity index is 414. The molecule has 1 rings (SSSR count). The van der Waals surface area contributed by atoms with E-state index in [4.69, 9.17) is 6.42 Å². The summed E-state index contributed by atoms with van der Waals surface area (Å²) in [5.74, 6) is 2.61. The number of benzene rings is 1. The van der Waals surface area contributed by atoms with Gasteiger partial charge in [-0.05, 0) is 43.5 Å². The molecule has 0 aliphatic heterocycles. The molecule has 0 spiro atoms. The van der Waals surface area contributed by atoms with E-state index in [-0.39, 0.29) is 5.91 Å². The van der Waals surface area contributed by atoms with Gasteiger partial charge < -0.3 is 5.32 Å². The van der Waals surface area contributed by atoms with E-state index in [0.29, 0.717) is 6.42 Å². The van der Waals surface area contributed by atoms with Crippen molar-refractivity contribution in [1.29, 1.82) is 0 Å². The van der Waals surface area contributed by atoms with Gasteiger partial charge in [-0.25, -0.2) is 0 Å². The monoisotopic (exact) mass is 293 g/mol. The number of halogens is 1.